The zero-order chi connectivity index (χ0) is 12.3. The Balaban J connectivity index is 2.17. The number of ether oxygens (including phenoxy) is 1. The molecule has 0 spiro atoms. The Hall–Kier alpha value is -1.39. The zero-order valence-electron chi connectivity index (χ0n) is 9.14. The van der Waals surface area contributed by atoms with Crippen molar-refractivity contribution in [3.05, 3.63) is 50.9 Å². The quantitative estimate of drug-likeness (QED) is 0.802. The second-order valence-electron chi connectivity index (χ2n) is 3.39. The molecule has 5 heteroatoms. The molecule has 0 amide bonds. The Kier molecular flexibility index (Phi) is 3.76. The minimum atomic E-state index is -0.411. The maximum Gasteiger partial charge on any atom is 0.357 e. The fourth-order valence-electron chi connectivity index (χ4n) is 1.40. The van der Waals surface area contributed by atoms with Crippen molar-refractivity contribution in [1.29, 1.82) is 0 Å². The molecule has 0 saturated heterocycles. The lowest BCUT2D eigenvalue weighted by Gasteiger charge is -2.00. The van der Waals surface area contributed by atoms with Gasteiger partial charge in [0.25, 0.3) is 0 Å². The van der Waals surface area contributed by atoms with E-state index in [0.717, 1.165) is 10.6 Å². The number of hydrogen-bond acceptors (Lipinski definition) is 4. The van der Waals surface area contributed by atoms with Crippen molar-refractivity contribution in [1.82, 2.24) is 4.98 Å². The number of esters is 1. The second-order valence-corrected chi connectivity index (χ2v) is 4.74. The SMILES string of the molecule is COC(=O)c1csc(Cc2ccccc2Cl)n1. The van der Waals surface area contributed by atoms with E-state index in [0.29, 0.717) is 17.1 Å². The van der Waals surface area contributed by atoms with Gasteiger partial charge < -0.3 is 4.74 Å². The Morgan fingerprint density at radius 2 is 2.24 bits per heavy atom. The van der Waals surface area contributed by atoms with Crippen molar-refractivity contribution in [2.24, 2.45) is 0 Å². The van der Waals surface area contributed by atoms with Gasteiger partial charge in [-0.2, -0.15) is 0 Å². The van der Waals surface area contributed by atoms with Crippen molar-refractivity contribution in [2.45, 2.75) is 6.42 Å². The van der Waals surface area contributed by atoms with Crippen LogP contribution in [0.2, 0.25) is 5.02 Å². The van der Waals surface area contributed by atoms with Gasteiger partial charge in [-0.1, -0.05) is 29.8 Å². The molecule has 3 nitrogen and oxygen atoms in total. The summed E-state index contributed by atoms with van der Waals surface area (Å²) in [6.45, 7) is 0. The molecule has 1 aromatic carbocycles. The molecule has 1 heterocycles. The first-order valence-corrected chi connectivity index (χ1v) is 6.22. The number of aromatic nitrogens is 1. The summed E-state index contributed by atoms with van der Waals surface area (Å²) in [6.07, 6.45) is 0.626. The average Bonchev–Trinajstić information content (AvgIpc) is 2.80. The molecule has 0 atom stereocenters. The normalized spacial score (nSPS) is 10.2. The highest BCUT2D eigenvalue weighted by molar-refractivity contribution is 7.09. The topological polar surface area (TPSA) is 39.2 Å². The summed E-state index contributed by atoms with van der Waals surface area (Å²) < 4.78 is 4.60. The number of hydrogen-bond donors (Lipinski definition) is 0. The Morgan fingerprint density at radius 1 is 1.47 bits per heavy atom. The van der Waals surface area contributed by atoms with Gasteiger partial charge in [-0.3, -0.25) is 0 Å². The predicted molar refractivity (Wildman–Crippen MR) is 67.7 cm³/mol. The van der Waals surface area contributed by atoms with E-state index in [1.807, 2.05) is 24.3 Å². The summed E-state index contributed by atoms with van der Waals surface area (Å²) in [5.74, 6) is -0.411. The fourth-order valence-corrected chi connectivity index (χ4v) is 2.38. The molecular formula is C12H10ClNO2S. The number of methoxy groups -OCH3 is 1. The van der Waals surface area contributed by atoms with Crippen LogP contribution in [0.5, 0.6) is 0 Å². The van der Waals surface area contributed by atoms with Crippen LogP contribution >= 0.6 is 22.9 Å². The molecule has 0 unspecified atom stereocenters. The van der Waals surface area contributed by atoms with E-state index in [-0.39, 0.29) is 0 Å². The van der Waals surface area contributed by atoms with Gasteiger partial charge in [0.1, 0.15) is 0 Å². The lowest BCUT2D eigenvalue weighted by molar-refractivity contribution is 0.0595. The maximum absolute atomic E-state index is 11.2. The van der Waals surface area contributed by atoms with Crippen molar-refractivity contribution in [2.75, 3.05) is 7.11 Å². The summed E-state index contributed by atoms with van der Waals surface area (Å²) in [4.78, 5) is 15.4. The van der Waals surface area contributed by atoms with Crippen molar-refractivity contribution in [3.8, 4) is 0 Å². The summed E-state index contributed by atoms with van der Waals surface area (Å²) in [5.41, 5.74) is 1.35. The minimum Gasteiger partial charge on any atom is -0.464 e. The molecule has 0 aliphatic heterocycles. The molecular weight excluding hydrogens is 258 g/mol. The number of nitrogens with zero attached hydrogens (tertiary/aromatic N) is 1. The van der Waals surface area contributed by atoms with Crippen LogP contribution in [0.4, 0.5) is 0 Å². The first-order chi connectivity index (χ1) is 8.20. The summed E-state index contributed by atoms with van der Waals surface area (Å²) >= 11 is 7.48. The van der Waals surface area contributed by atoms with E-state index < -0.39 is 5.97 Å². The van der Waals surface area contributed by atoms with Gasteiger partial charge >= 0.3 is 5.97 Å². The molecule has 0 bridgehead atoms. The lowest BCUT2D eigenvalue weighted by atomic mass is 10.2. The first kappa shape index (κ1) is 12.1. The van der Waals surface area contributed by atoms with Gasteiger partial charge in [0, 0.05) is 16.8 Å². The molecule has 0 saturated carbocycles. The lowest BCUT2D eigenvalue weighted by Crippen LogP contribution is -2.01. The highest BCUT2D eigenvalue weighted by atomic mass is 35.5. The number of carbonyl (C=O) groups excluding carboxylic acids is 1. The van der Waals surface area contributed by atoms with E-state index in [2.05, 4.69) is 9.72 Å². The van der Waals surface area contributed by atoms with E-state index in [1.165, 1.54) is 18.4 Å². The number of carbonyl (C=O) groups is 1. The third kappa shape index (κ3) is 2.84. The summed E-state index contributed by atoms with van der Waals surface area (Å²) in [5, 5.41) is 3.25. The molecule has 0 N–H and O–H groups in total. The fraction of sp³-hybridized carbons (Fsp3) is 0.167. The van der Waals surface area contributed by atoms with Crippen LogP contribution in [0, 0.1) is 0 Å². The summed E-state index contributed by atoms with van der Waals surface area (Å²) in [6, 6.07) is 7.59. The van der Waals surface area contributed by atoms with Crippen molar-refractivity contribution in [3.63, 3.8) is 0 Å². The molecule has 88 valence electrons. The van der Waals surface area contributed by atoms with Crippen LogP contribution in [-0.2, 0) is 11.2 Å². The van der Waals surface area contributed by atoms with Crippen LogP contribution in [0.1, 0.15) is 21.1 Å². The number of halogens is 1. The number of rotatable bonds is 3. The largest absolute Gasteiger partial charge is 0.464 e. The molecule has 0 aliphatic carbocycles. The average molecular weight is 268 g/mol. The van der Waals surface area contributed by atoms with Crippen molar-refractivity contribution < 1.29 is 9.53 Å². The monoisotopic (exact) mass is 267 g/mol. The minimum absolute atomic E-state index is 0.347. The first-order valence-electron chi connectivity index (χ1n) is 4.97. The van der Waals surface area contributed by atoms with Crippen LogP contribution in [0.3, 0.4) is 0 Å². The van der Waals surface area contributed by atoms with Crippen LogP contribution in [-0.4, -0.2) is 18.1 Å². The molecule has 0 radical (unpaired) electrons. The van der Waals surface area contributed by atoms with Gasteiger partial charge in [-0.05, 0) is 11.6 Å². The van der Waals surface area contributed by atoms with Crippen molar-refractivity contribution >= 4 is 28.9 Å². The van der Waals surface area contributed by atoms with Crippen LogP contribution < -0.4 is 0 Å². The maximum atomic E-state index is 11.2. The third-order valence-corrected chi connectivity index (χ3v) is 3.46. The molecule has 1 aromatic heterocycles. The van der Waals surface area contributed by atoms with E-state index >= 15 is 0 Å². The molecule has 2 rings (SSSR count). The molecule has 2 aromatic rings. The number of benzene rings is 1. The van der Waals surface area contributed by atoms with Gasteiger partial charge in [-0.25, -0.2) is 9.78 Å². The van der Waals surface area contributed by atoms with Gasteiger partial charge in [0.2, 0.25) is 0 Å². The van der Waals surface area contributed by atoms with Crippen LogP contribution in [0.25, 0.3) is 0 Å². The van der Waals surface area contributed by atoms with E-state index in [1.54, 1.807) is 5.38 Å². The highest BCUT2D eigenvalue weighted by Gasteiger charge is 2.11. The Bertz CT molecular complexity index is 539. The van der Waals surface area contributed by atoms with Gasteiger partial charge in [-0.15, -0.1) is 11.3 Å². The Labute approximate surface area is 108 Å². The van der Waals surface area contributed by atoms with Gasteiger partial charge in [0.15, 0.2) is 5.69 Å². The highest BCUT2D eigenvalue weighted by Crippen LogP contribution is 2.21. The third-order valence-electron chi connectivity index (χ3n) is 2.25. The number of thiazole rings is 1. The zero-order valence-corrected chi connectivity index (χ0v) is 10.7. The van der Waals surface area contributed by atoms with Crippen LogP contribution in [0.15, 0.2) is 29.6 Å². The van der Waals surface area contributed by atoms with E-state index in [4.69, 9.17) is 11.6 Å². The standard InChI is InChI=1S/C12H10ClNO2S/c1-16-12(15)10-7-17-11(14-10)6-8-4-2-3-5-9(8)13/h2-5,7H,6H2,1H3. The Morgan fingerprint density at radius 3 is 2.94 bits per heavy atom. The van der Waals surface area contributed by atoms with E-state index in [9.17, 15) is 4.79 Å². The second kappa shape index (κ2) is 5.29. The summed E-state index contributed by atoms with van der Waals surface area (Å²) in [7, 11) is 1.34. The van der Waals surface area contributed by atoms with Gasteiger partial charge in [0.05, 0.1) is 12.1 Å². The molecule has 0 fully saturated rings. The molecule has 17 heavy (non-hydrogen) atoms. The smallest absolute Gasteiger partial charge is 0.357 e. The molecule has 0 aliphatic rings. The predicted octanol–water partition coefficient (Wildman–Crippen LogP) is 3.17.